The number of carbonyl (C=O) groups excluding carboxylic acids is 1. The summed E-state index contributed by atoms with van der Waals surface area (Å²) in [6.45, 7) is 2.57. The Morgan fingerprint density at radius 2 is 2.05 bits per heavy atom. The molecule has 0 heterocycles. The third kappa shape index (κ3) is 4.68. The molecule has 0 aromatic heterocycles. The number of carbonyl (C=O) groups is 1. The van der Waals surface area contributed by atoms with Gasteiger partial charge in [0.15, 0.2) is 0 Å². The highest BCUT2D eigenvalue weighted by Gasteiger charge is 2.19. The van der Waals surface area contributed by atoms with E-state index in [9.17, 15) is 4.79 Å². The molecule has 3 nitrogen and oxygen atoms in total. The van der Waals surface area contributed by atoms with Gasteiger partial charge in [-0.25, -0.2) is 0 Å². The van der Waals surface area contributed by atoms with E-state index < -0.39 is 0 Å². The average Bonchev–Trinajstić information content (AvgIpc) is 2.37. The van der Waals surface area contributed by atoms with Crippen LogP contribution >= 0.6 is 23.2 Å². The normalized spacial score (nSPS) is 12.3. The first-order chi connectivity index (χ1) is 8.97. The summed E-state index contributed by atoms with van der Waals surface area (Å²) < 4.78 is 0. The van der Waals surface area contributed by atoms with Crippen molar-refractivity contribution < 1.29 is 4.79 Å². The van der Waals surface area contributed by atoms with Gasteiger partial charge < -0.3 is 10.6 Å². The van der Waals surface area contributed by atoms with Crippen molar-refractivity contribution >= 4 is 29.1 Å². The van der Waals surface area contributed by atoms with Crippen LogP contribution in [-0.2, 0) is 4.79 Å². The van der Waals surface area contributed by atoms with Gasteiger partial charge >= 0.3 is 0 Å². The predicted octanol–water partition coefficient (Wildman–Crippen LogP) is 3.64. The third-order valence-electron chi connectivity index (χ3n) is 3.23. The summed E-state index contributed by atoms with van der Waals surface area (Å²) in [4.78, 5) is 13.7. The lowest BCUT2D eigenvalue weighted by atomic mass is 10.1. The number of benzene rings is 1. The highest BCUT2D eigenvalue weighted by molar-refractivity contribution is 6.35. The Kier molecular flexibility index (Phi) is 6.63. The number of nitrogens with zero attached hydrogens (tertiary/aromatic N) is 1. The third-order valence-corrected chi connectivity index (χ3v) is 3.79. The molecule has 0 bridgehead atoms. The predicted molar refractivity (Wildman–Crippen MR) is 80.6 cm³/mol. The highest BCUT2D eigenvalue weighted by Crippen LogP contribution is 2.29. The van der Waals surface area contributed by atoms with E-state index in [1.54, 1.807) is 24.1 Å². The van der Waals surface area contributed by atoms with E-state index in [0.29, 0.717) is 23.0 Å². The zero-order chi connectivity index (χ0) is 14.4. The molecule has 0 fully saturated rings. The Labute approximate surface area is 124 Å². The van der Waals surface area contributed by atoms with Gasteiger partial charge in [0.05, 0.1) is 6.04 Å². The molecule has 106 valence electrons. The lowest BCUT2D eigenvalue weighted by molar-refractivity contribution is -0.131. The second kappa shape index (κ2) is 7.73. The molecular weight excluding hydrogens is 283 g/mol. The Balaban J connectivity index is 2.70. The highest BCUT2D eigenvalue weighted by atomic mass is 35.5. The largest absolute Gasteiger partial charge is 0.339 e. The molecule has 19 heavy (non-hydrogen) atoms. The van der Waals surface area contributed by atoms with Gasteiger partial charge in [-0.15, -0.1) is 0 Å². The van der Waals surface area contributed by atoms with E-state index in [2.05, 4.69) is 0 Å². The maximum Gasteiger partial charge on any atom is 0.222 e. The number of nitrogens with two attached hydrogens (primary N) is 1. The number of hydrogen-bond acceptors (Lipinski definition) is 2. The van der Waals surface area contributed by atoms with Crippen LogP contribution in [0.4, 0.5) is 0 Å². The average molecular weight is 303 g/mol. The smallest absolute Gasteiger partial charge is 0.222 e. The van der Waals surface area contributed by atoms with Crippen LogP contribution in [0.25, 0.3) is 0 Å². The molecular formula is C14H20Cl2N2O. The zero-order valence-electron chi connectivity index (χ0n) is 11.3. The van der Waals surface area contributed by atoms with Crippen LogP contribution in [0.1, 0.15) is 37.8 Å². The molecule has 1 atom stereocenters. The molecule has 0 saturated heterocycles. The summed E-state index contributed by atoms with van der Waals surface area (Å²) in [6, 6.07) is 5.27. The van der Waals surface area contributed by atoms with Crippen LogP contribution in [0.5, 0.6) is 0 Å². The Morgan fingerprint density at radius 1 is 1.37 bits per heavy atom. The zero-order valence-corrected chi connectivity index (χ0v) is 12.8. The fraction of sp³-hybridized carbons (Fsp3) is 0.500. The molecule has 0 aliphatic rings. The lowest BCUT2D eigenvalue weighted by Crippen LogP contribution is -2.29. The molecule has 0 aliphatic carbocycles. The van der Waals surface area contributed by atoms with Crippen LogP contribution in [-0.4, -0.2) is 24.4 Å². The molecule has 0 aliphatic heterocycles. The lowest BCUT2D eigenvalue weighted by Gasteiger charge is -2.26. The fourth-order valence-electron chi connectivity index (χ4n) is 1.86. The molecule has 0 saturated carbocycles. The molecule has 0 spiro atoms. The van der Waals surface area contributed by atoms with Crippen LogP contribution < -0.4 is 5.73 Å². The van der Waals surface area contributed by atoms with E-state index in [0.717, 1.165) is 18.4 Å². The van der Waals surface area contributed by atoms with E-state index >= 15 is 0 Å². The fourth-order valence-corrected chi connectivity index (χ4v) is 2.43. The van der Waals surface area contributed by atoms with Crippen molar-refractivity contribution in [1.29, 1.82) is 0 Å². The van der Waals surface area contributed by atoms with Crippen LogP contribution in [0.3, 0.4) is 0 Å². The van der Waals surface area contributed by atoms with Crippen molar-refractivity contribution in [2.24, 2.45) is 5.73 Å². The number of amides is 1. The van der Waals surface area contributed by atoms with Gasteiger partial charge in [0, 0.05) is 23.5 Å². The molecule has 0 radical (unpaired) electrons. The summed E-state index contributed by atoms with van der Waals surface area (Å²) in [5.41, 5.74) is 6.32. The van der Waals surface area contributed by atoms with Gasteiger partial charge in [0.1, 0.15) is 0 Å². The van der Waals surface area contributed by atoms with Gasteiger partial charge in [0.2, 0.25) is 5.91 Å². The van der Waals surface area contributed by atoms with Gasteiger partial charge in [-0.05, 0) is 44.0 Å². The first-order valence-corrected chi connectivity index (χ1v) is 7.13. The van der Waals surface area contributed by atoms with E-state index in [4.69, 9.17) is 28.9 Å². The van der Waals surface area contributed by atoms with Gasteiger partial charge in [-0.1, -0.05) is 29.3 Å². The monoisotopic (exact) mass is 302 g/mol. The molecule has 2 N–H and O–H groups in total. The Bertz CT molecular complexity index is 437. The van der Waals surface area contributed by atoms with Crippen molar-refractivity contribution in [2.75, 3.05) is 13.6 Å². The van der Waals surface area contributed by atoms with Crippen LogP contribution in [0.2, 0.25) is 10.0 Å². The summed E-state index contributed by atoms with van der Waals surface area (Å²) in [6.07, 6.45) is 2.21. The summed E-state index contributed by atoms with van der Waals surface area (Å²) in [5, 5.41) is 1.18. The van der Waals surface area contributed by atoms with Crippen LogP contribution in [0, 0.1) is 0 Å². The van der Waals surface area contributed by atoms with Crippen molar-refractivity contribution in [3.8, 4) is 0 Å². The Morgan fingerprint density at radius 3 is 2.63 bits per heavy atom. The van der Waals surface area contributed by atoms with E-state index in [-0.39, 0.29) is 11.9 Å². The summed E-state index contributed by atoms with van der Waals surface area (Å²) in [7, 11) is 1.79. The van der Waals surface area contributed by atoms with Crippen molar-refractivity contribution in [1.82, 2.24) is 4.90 Å². The van der Waals surface area contributed by atoms with E-state index in [1.165, 1.54) is 0 Å². The molecule has 5 heteroatoms. The van der Waals surface area contributed by atoms with Gasteiger partial charge in [0.25, 0.3) is 0 Å². The van der Waals surface area contributed by atoms with Crippen molar-refractivity contribution in [3.63, 3.8) is 0 Å². The van der Waals surface area contributed by atoms with E-state index in [1.807, 2.05) is 13.0 Å². The second-order valence-electron chi connectivity index (χ2n) is 4.59. The summed E-state index contributed by atoms with van der Waals surface area (Å²) in [5.74, 6) is 0.104. The number of hydrogen-bond donors (Lipinski definition) is 1. The molecule has 1 amide bonds. The van der Waals surface area contributed by atoms with Gasteiger partial charge in [-0.3, -0.25) is 4.79 Å². The maximum absolute atomic E-state index is 12.0. The quantitative estimate of drug-likeness (QED) is 0.816. The standard InChI is InChI=1S/C14H20Cl2N2O/c1-10(12-7-6-11(15)9-13(12)16)18(2)14(19)5-3-4-8-17/h6-7,9-10H,3-5,8,17H2,1-2H3. The minimum absolute atomic E-state index is 0.0739. The molecule has 1 rings (SSSR count). The molecule has 1 unspecified atom stereocenters. The minimum atomic E-state index is -0.0739. The summed E-state index contributed by atoms with van der Waals surface area (Å²) >= 11 is 12.0. The van der Waals surface area contributed by atoms with Crippen molar-refractivity contribution in [2.45, 2.75) is 32.2 Å². The number of unbranched alkanes of at least 4 members (excludes halogenated alkanes) is 1. The SMILES string of the molecule is CC(c1ccc(Cl)cc1Cl)N(C)C(=O)CCCCN. The molecule has 1 aromatic carbocycles. The Hall–Kier alpha value is -0.770. The van der Waals surface area contributed by atoms with Crippen molar-refractivity contribution in [3.05, 3.63) is 33.8 Å². The first-order valence-electron chi connectivity index (χ1n) is 6.38. The minimum Gasteiger partial charge on any atom is -0.339 e. The second-order valence-corrected chi connectivity index (χ2v) is 5.44. The first kappa shape index (κ1) is 16.3. The number of rotatable bonds is 6. The van der Waals surface area contributed by atoms with Crippen LogP contribution in [0.15, 0.2) is 18.2 Å². The topological polar surface area (TPSA) is 46.3 Å². The molecule has 1 aromatic rings. The maximum atomic E-state index is 12.0. The number of halogens is 2. The van der Waals surface area contributed by atoms with Gasteiger partial charge in [-0.2, -0.15) is 0 Å².